The van der Waals surface area contributed by atoms with Crippen LogP contribution in [0.3, 0.4) is 0 Å². The molecule has 15 rings (SSSR count). The van der Waals surface area contributed by atoms with Gasteiger partial charge in [0.2, 0.25) is 0 Å². The topological polar surface area (TPSA) is 183 Å². The van der Waals surface area contributed by atoms with Gasteiger partial charge in [-0.15, -0.1) is 102 Å². The van der Waals surface area contributed by atoms with Gasteiger partial charge in [-0.2, -0.15) is 15.8 Å². The fourth-order valence-corrected chi connectivity index (χ4v) is 23.0. The van der Waals surface area contributed by atoms with Crippen LogP contribution in [-0.2, 0) is 10.8 Å². The van der Waals surface area contributed by atoms with Crippen molar-refractivity contribution in [2.24, 2.45) is 5.73 Å². The number of carbonyl (C=O) groups excluding carboxylic acids is 2. The Morgan fingerprint density at radius 2 is 0.897 bits per heavy atom. The van der Waals surface area contributed by atoms with Crippen LogP contribution in [0, 0.1) is 34.0 Å². The average Bonchev–Trinajstić information content (AvgIpc) is 4.46. The van der Waals surface area contributed by atoms with Crippen molar-refractivity contribution in [2.75, 3.05) is 0 Å². The molecule has 9 heterocycles. The summed E-state index contributed by atoms with van der Waals surface area (Å²) in [6.07, 6.45) is 10.9. The van der Waals surface area contributed by atoms with Crippen molar-refractivity contribution < 1.29 is 9.59 Å². The predicted octanol–water partition coefficient (Wildman–Crippen LogP) is 17.0. The third kappa shape index (κ3) is 6.67. The molecule has 2 N–H and O–H groups in total. The SMILES string of the molecule is CC1(C)c2c(sc3c2C(C)(C)c2c-3sc3cc(-c4ncc(-c5cnc(/C=C6\C(=O)c7ccccc7\C6=C(\N)C#N)s5)s4)sc23)-c2sc3cc(-c4ncc(-c5cnc(/C=C6\C(=O)c7ccccc7C6=C(C#N)C#N)s5)s4)sc3c21. The molecule has 0 bridgehead atoms. The van der Waals surface area contributed by atoms with E-state index in [1.54, 1.807) is 71.4 Å². The number of allylic oxidation sites excluding steroid dienone is 6. The number of aromatic nitrogens is 4. The zero-order chi connectivity index (χ0) is 53.3. The van der Waals surface area contributed by atoms with Gasteiger partial charge in [0.1, 0.15) is 49.5 Å². The molecule has 19 heteroatoms. The number of hydrogen-bond donors (Lipinski definition) is 1. The summed E-state index contributed by atoms with van der Waals surface area (Å²) in [5.74, 6) is -0.394. The van der Waals surface area contributed by atoms with Crippen LogP contribution >= 0.6 is 102 Å². The molecule has 4 aliphatic rings. The maximum atomic E-state index is 13.5. The number of hydrogen-bond acceptors (Lipinski definition) is 19. The standard InChI is InChI=1S/C59H30N8O2S9/c1-58(2)44-45-53(55-47(59(45,3)4)51-33(73-55)16-35(75-51)57-67-23-39(77-57)37-21-65-41(71-37)14-30-43(31(63)19-62)26-10-6-8-12-28(26)49(30)69)78-52(44)54-46(58)50-32(72-54)15-34(74-50)56-66-22-38(76-56)36-20-64-40(70-36)13-29-42(24(17-60)18-61)25-9-5-7-11-27(25)48(29)68/h5-16,20-23H,63H2,1-4H3/b29-13-,30-14-,43-31-. The van der Waals surface area contributed by atoms with Crippen molar-refractivity contribution in [1.29, 1.82) is 15.8 Å². The summed E-state index contributed by atoms with van der Waals surface area (Å²) < 4.78 is 5.21. The minimum Gasteiger partial charge on any atom is -0.390 e. The summed E-state index contributed by atoms with van der Waals surface area (Å²) in [4.78, 5) is 57.9. The lowest BCUT2D eigenvalue weighted by atomic mass is 9.74. The number of Topliss-reactive ketones (excluding diaryl/α,β-unsaturated/α-hetero) is 2. The van der Waals surface area contributed by atoms with Crippen LogP contribution < -0.4 is 5.73 Å². The van der Waals surface area contributed by atoms with E-state index >= 15 is 0 Å². The largest absolute Gasteiger partial charge is 0.390 e. The van der Waals surface area contributed by atoms with E-state index in [4.69, 9.17) is 15.7 Å². The van der Waals surface area contributed by atoms with Crippen molar-refractivity contribution in [1.82, 2.24) is 19.9 Å². The number of thiazole rings is 4. The van der Waals surface area contributed by atoms with Gasteiger partial charge < -0.3 is 5.73 Å². The molecule has 0 fully saturated rings. The van der Waals surface area contributed by atoms with Crippen LogP contribution in [0.15, 0.2) is 108 Å². The molecular formula is C59H30N8O2S9. The highest BCUT2D eigenvalue weighted by Crippen LogP contribution is 2.69. The number of benzene rings is 2. The van der Waals surface area contributed by atoms with Crippen molar-refractivity contribution >= 4 is 156 Å². The highest BCUT2D eigenvalue weighted by Gasteiger charge is 2.51. The molecule has 0 radical (unpaired) electrons. The quantitative estimate of drug-likeness (QED) is 0.124. The van der Waals surface area contributed by atoms with Crippen molar-refractivity contribution in [2.45, 2.75) is 38.5 Å². The number of nitrogens with zero attached hydrogens (tertiary/aromatic N) is 7. The van der Waals surface area contributed by atoms with Crippen LogP contribution in [-0.4, -0.2) is 31.5 Å². The molecule has 2 aromatic carbocycles. The highest BCUT2D eigenvalue weighted by molar-refractivity contribution is 7.36. The molecular weight excluding hydrogens is 1140 g/mol. The third-order valence-electron chi connectivity index (χ3n) is 14.8. The fraction of sp³-hybridized carbons (Fsp3) is 0.102. The lowest BCUT2D eigenvalue weighted by Crippen LogP contribution is -2.23. The summed E-state index contributed by atoms with van der Waals surface area (Å²) in [6, 6.07) is 24.9. The van der Waals surface area contributed by atoms with E-state index in [9.17, 15) is 25.4 Å². The second-order valence-corrected chi connectivity index (χ2v) is 29.3. The Morgan fingerprint density at radius 1 is 0.487 bits per heavy atom. The Bertz CT molecular complexity index is 4840. The minimum absolute atomic E-state index is 0.00558. The first-order valence-corrected chi connectivity index (χ1v) is 31.4. The number of nitriles is 3. The predicted molar refractivity (Wildman–Crippen MR) is 323 cm³/mol. The second kappa shape index (κ2) is 17.0. The molecule has 11 aromatic rings. The van der Waals surface area contributed by atoms with Gasteiger partial charge in [-0.3, -0.25) is 9.59 Å². The first-order chi connectivity index (χ1) is 37.7. The molecule has 10 nitrogen and oxygen atoms in total. The minimum atomic E-state index is -0.226. The molecule has 4 aliphatic carbocycles. The molecule has 78 heavy (non-hydrogen) atoms. The lowest BCUT2D eigenvalue weighted by Gasteiger charge is -2.28. The fourth-order valence-electron chi connectivity index (χ4n) is 11.5. The van der Waals surface area contributed by atoms with Crippen molar-refractivity contribution in [3.63, 3.8) is 0 Å². The van der Waals surface area contributed by atoms with Crippen LogP contribution in [0.2, 0.25) is 0 Å². The summed E-state index contributed by atoms with van der Waals surface area (Å²) in [5.41, 5.74) is 15.1. The zero-order valence-electron chi connectivity index (χ0n) is 40.9. The van der Waals surface area contributed by atoms with Gasteiger partial charge in [0, 0.05) is 88.2 Å². The zero-order valence-corrected chi connectivity index (χ0v) is 48.3. The maximum absolute atomic E-state index is 13.5. The van der Waals surface area contributed by atoms with Gasteiger partial charge in [-0.25, -0.2) is 19.9 Å². The Morgan fingerprint density at radius 3 is 1.36 bits per heavy atom. The van der Waals surface area contributed by atoms with Gasteiger partial charge in [-0.1, -0.05) is 76.2 Å². The maximum Gasteiger partial charge on any atom is 0.194 e. The molecule has 0 spiro atoms. The Kier molecular flexibility index (Phi) is 10.4. The van der Waals surface area contributed by atoms with Crippen LogP contribution in [0.25, 0.3) is 101 Å². The summed E-state index contributed by atoms with van der Waals surface area (Å²) in [7, 11) is 0. The molecule has 0 saturated carbocycles. The van der Waals surface area contributed by atoms with E-state index in [0.29, 0.717) is 54.6 Å². The molecule has 0 unspecified atom stereocenters. The Balaban J connectivity index is 0.696. The first-order valence-electron chi connectivity index (χ1n) is 24.1. The summed E-state index contributed by atoms with van der Waals surface area (Å²) in [5, 5.41) is 32.4. The van der Waals surface area contributed by atoms with E-state index in [1.165, 1.54) is 83.2 Å². The lowest BCUT2D eigenvalue weighted by molar-refractivity contribution is 0.103. The van der Waals surface area contributed by atoms with E-state index in [2.05, 4.69) is 49.8 Å². The normalized spacial score (nSPS) is 16.9. The number of carbonyl (C=O) groups is 2. The monoisotopic (exact) mass is 1170 g/mol. The molecule has 0 aliphatic heterocycles. The number of rotatable bonds is 6. The van der Waals surface area contributed by atoms with Crippen LogP contribution in [0.1, 0.15) is 91.8 Å². The van der Waals surface area contributed by atoms with Crippen LogP contribution in [0.5, 0.6) is 0 Å². The second-order valence-electron chi connectivity index (χ2n) is 19.9. The van der Waals surface area contributed by atoms with Gasteiger partial charge in [0.05, 0.1) is 48.4 Å². The molecule has 9 aromatic heterocycles. The van der Waals surface area contributed by atoms with E-state index < -0.39 is 0 Å². The number of fused-ring (bicyclic) bond motifs is 13. The van der Waals surface area contributed by atoms with E-state index in [1.807, 2.05) is 112 Å². The third-order valence-corrected chi connectivity index (χ3v) is 25.8. The average molecular weight is 1170 g/mol. The van der Waals surface area contributed by atoms with Gasteiger partial charge >= 0.3 is 0 Å². The summed E-state index contributed by atoms with van der Waals surface area (Å²) >= 11 is 15.6. The highest BCUT2D eigenvalue weighted by atomic mass is 32.1. The smallest absolute Gasteiger partial charge is 0.194 e. The number of ketones is 2. The number of thiophene rings is 5. The van der Waals surface area contributed by atoms with Gasteiger partial charge in [0.15, 0.2) is 11.6 Å². The van der Waals surface area contributed by atoms with Crippen molar-refractivity contribution in [3.05, 3.63) is 162 Å². The van der Waals surface area contributed by atoms with Gasteiger partial charge in [0.25, 0.3) is 0 Å². The van der Waals surface area contributed by atoms with Crippen LogP contribution in [0.4, 0.5) is 0 Å². The molecule has 372 valence electrons. The van der Waals surface area contributed by atoms with Gasteiger partial charge in [-0.05, 0) is 57.7 Å². The van der Waals surface area contributed by atoms with Crippen molar-refractivity contribution in [3.8, 4) is 77.0 Å². The number of nitrogens with two attached hydrogens (primary N) is 1. The molecule has 0 amide bonds. The Hall–Kier alpha value is -7.45. The first kappa shape index (κ1) is 47.7. The Labute approximate surface area is 480 Å². The van der Waals surface area contributed by atoms with E-state index in [0.717, 1.165) is 39.3 Å². The molecule has 0 atom stereocenters. The summed E-state index contributed by atoms with van der Waals surface area (Å²) in [6.45, 7) is 9.63. The van der Waals surface area contributed by atoms with E-state index in [-0.39, 0.29) is 33.7 Å². The molecule has 0 saturated heterocycles.